The lowest BCUT2D eigenvalue weighted by Gasteiger charge is -2.07. The molecule has 0 bridgehead atoms. The van der Waals surface area contributed by atoms with Gasteiger partial charge in [-0.15, -0.1) is 0 Å². The van der Waals surface area contributed by atoms with Crippen molar-refractivity contribution >= 4 is 0 Å². The monoisotopic (exact) mass is 210 g/mol. The summed E-state index contributed by atoms with van der Waals surface area (Å²) in [7, 11) is 1.68. The standard InChI is InChI=1S/C12H22N2O/c1-9(2)6-7-14-8-11(10(3)4)13-12(14)15-5/h8-10H,6-7H2,1-5H3. The van der Waals surface area contributed by atoms with E-state index in [0.29, 0.717) is 11.8 Å². The van der Waals surface area contributed by atoms with E-state index in [4.69, 9.17) is 4.74 Å². The van der Waals surface area contributed by atoms with Gasteiger partial charge in [-0.2, -0.15) is 0 Å². The van der Waals surface area contributed by atoms with Crippen molar-refractivity contribution in [3.8, 4) is 6.01 Å². The maximum Gasteiger partial charge on any atom is 0.296 e. The molecule has 1 aromatic heterocycles. The zero-order valence-electron chi connectivity index (χ0n) is 10.4. The van der Waals surface area contributed by atoms with Gasteiger partial charge in [0.15, 0.2) is 0 Å². The second kappa shape index (κ2) is 5.19. The normalized spacial score (nSPS) is 11.4. The molecule has 0 N–H and O–H groups in total. The molecule has 0 amide bonds. The van der Waals surface area contributed by atoms with E-state index in [0.717, 1.165) is 24.7 Å². The van der Waals surface area contributed by atoms with Crippen LogP contribution in [0.1, 0.15) is 45.7 Å². The highest BCUT2D eigenvalue weighted by Crippen LogP contribution is 2.19. The Labute approximate surface area is 92.5 Å². The fourth-order valence-corrected chi connectivity index (χ4v) is 1.42. The molecule has 1 rings (SSSR count). The summed E-state index contributed by atoms with van der Waals surface area (Å²) in [4.78, 5) is 4.45. The lowest BCUT2D eigenvalue weighted by Crippen LogP contribution is -2.02. The number of imidazole rings is 1. The highest BCUT2D eigenvalue weighted by atomic mass is 16.5. The molecule has 0 aliphatic rings. The number of aromatic nitrogens is 2. The molecule has 86 valence electrons. The summed E-state index contributed by atoms with van der Waals surface area (Å²) in [5.74, 6) is 1.17. The minimum absolute atomic E-state index is 0.458. The summed E-state index contributed by atoms with van der Waals surface area (Å²) in [5.41, 5.74) is 1.11. The Kier molecular flexibility index (Phi) is 4.18. The van der Waals surface area contributed by atoms with Crippen molar-refractivity contribution in [2.45, 2.75) is 46.6 Å². The molecule has 0 atom stereocenters. The summed E-state index contributed by atoms with van der Waals surface area (Å²) in [6.07, 6.45) is 3.26. The molecule has 1 aromatic rings. The molecule has 0 aliphatic heterocycles. The quantitative estimate of drug-likeness (QED) is 0.747. The molecular formula is C12H22N2O. The second-order valence-electron chi connectivity index (χ2n) is 4.68. The SMILES string of the molecule is COc1nc(C(C)C)cn1CCC(C)C. The van der Waals surface area contributed by atoms with E-state index in [2.05, 4.69) is 43.4 Å². The number of rotatable bonds is 5. The minimum atomic E-state index is 0.458. The van der Waals surface area contributed by atoms with Gasteiger partial charge in [0.1, 0.15) is 0 Å². The predicted octanol–water partition coefficient (Wildman–Crippen LogP) is 3.06. The second-order valence-corrected chi connectivity index (χ2v) is 4.68. The van der Waals surface area contributed by atoms with Gasteiger partial charge >= 0.3 is 0 Å². The van der Waals surface area contributed by atoms with Crippen LogP contribution in [0, 0.1) is 5.92 Å². The number of ether oxygens (including phenoxy) is 1. The molecular weight excluding hydrogens is 188 g/mol. The first kappa shape index (κ1) is 12.1. The Bertz CT molecular complexity index is 303. The third-order valence-electron chi connectivity index (χ3n) is 2.48. The average Bonchev–Trinajstić information content (AvgIpc) is 2.57. The molecule has 15 heavy (non-hydrogen) atoms. The van der Waals surface area contributed by atoms with E-state index in [1.165, 1.54) is 0 Å². The molecule has 0 aliphatic carbocycles. The van der Waals surface area contributed by atoms with Crippen LogP contribution in [0.4, 0.5) is 0 Å². The van der Waals surface area contributed by atoms with Crippen molar-refractivity contribution in [2.75, 3.05) is 7.11 Å². The van der Waals surface area contributed by atoms with Crippen LogP contribution in [-0.4, -0.2) is 16.7 Å². The molecule has 0 saturated heterocycles. The van der Waals surface area contributed by atoms with Gasteiger partial charge in [-0.3, -0.25) is 0 Å². The lowest BCUT2D eigenvalue weighted by molar-refractivity contribution is 0.349. The number of aryl methyl sites for hydroxylation is 1. The first-order valence-electron chi connectivity index (χ1n) is 5.65. The van der Waals surface area contributed by atoms with E-state index >= 15 is 0 Å². The largest absolute Gasteiger partial charge is 0.468 e. The molecule has 0 radical (unpaired) electrons. The Hall–Kier alpha value is -0.990. The van der Waals surface area contributed by atoms with Crippen LogP contribution >= 0.6 is 0 Å². The summed E-state index contributed by atoms with van der Waals surface area (Å²) in [6, 6.07) is 0.736. The van der Waals surface area contributed by atoms with E-state index in [1.54, 1.807) is 7.11 Å². The molecule has 0 spiro atoms. The highest BCUT2D eigenvalue weighted by Gasteiger charge is 2.10. The fourth-order valence-electron chi connectivity index (χ4n) is 1.42. The minimum Gasteiger partial charge on any atom is -0.468 e. The Morgan fingerprint density at radius 2 is 2.00 bits per heavy atom. The van der Waals surface area contributed by atoms with Crippen molar-refractivity contribution in [3.63, 3.8) is 0 Å². The molecule has 0 aromatic carbocycles. The first-order chi connectivity index (χ1) is 7.04. The van der Waals surface area contributed by atoms with Gasteiger partial charge in [0.25, 0.3) is 6.01 Å². The number of hydrogen-bond acceptors (Lipinski definition) is 2. The van der Waals surface area contributed by atoms with E-state index in [-0.39, 0.29) is 0 Å². The third-order valence-corrected chi connectivity index (χ3v) is 2.48. The van der Waals surface area contributed by atoms with Gasteiger partial charge in [0.05, 0.1) is 12.8 Å². The highest BCUT2D eigenvalue weighted by molar-refractivity contribution is 5.11. The van der Waals surface area contributed by atoms with Crippen LogP contribution in [0.15, 0.2) is 6.20 Å². The zero-order valence-corrected chi connectivity index (χ0v) is 10.4. The van der Waals surface area contributed by atoms with E-state index < -0.39 is 0 Å². The van der Waals surface area contributed by atoms with E-state index in [1.807, 2.05) is 0 Å². The number of hydrogen-bond donors (Lipinski definition) is 0. The molecule has 0 saturated carbocycles. The van der Waals surface area contributed by atoms with Crippen LogP contribution in [0.5, 0.6) is 6.01 Å². The topological polar surface area (TPSA) is 27.1 Å². The third kappa shape index (κ3) is 3.26. The Morgan fingerprint density at radius 3 is 2.47 bits per heavy atom. The lowest BCUT2D eigenvalue weighted by atomic mass is 10.1. The first-order valence-corrected chi connectivity index (χ1v) is 5.65. The van der Waals surface area contributed by atoms with Crippen LogP contribution in [0.2, 0.25) is 0 Å². The summed E-state index contributed by atoms with van der Waals surface area (Å²) >= 11 is 0. The maximum absolute atomic E-state index is 5.26. The van der Waals surface area contributed by atoms with Gasteiger partial charge in [0, 0.05) is 12.7 Å². The van der Waals surface area contributed by atoms with Crippen molar-refractivity contribution < 1.29 is 4.74 Å². The molecule has 0 fully saturated rings. The van der Waals surface area contributed by atoms with Gasteiger partial charge in [-0.1, -0.05) is 27.7 Å². The van der Waals surface area contributed by atoms with E-state index in [9.17, 15) is 0 Å². The van der Waals surface area contributed by atoms with Gasteiger partial charge < -0.3 is 9.30 Å². The average molecular weight is 210 g/mol. The Morgan fingerprint density at radius 1 is 1.33 bits per heavy atom. The van der Waals surface area contributed by atoms with Crippen LogP contribution in [0.25, 0.3) is 0 Å². The molecule has 3 nitrogen and oxygen atoms in total. The predicted molar refractivity (Wildman–Crippen MR) is 62.3 cm³/mol. The summed E-state index contributed by atoms with van der Waals surface area (Å²) < 4.78 is 7.37. The zero-order chi connectivity index (χ0) is 11.4. The van der Waals surface area contributed by atoms with Gasteiger partial charge in [-0.25, -0.2) is 4.98 Å². The molecule has 1 heterocycles. The van der Waals surface area contributed by atoms with Crippen LogP contribution in [0.3, 0.4) is 0 Å². The van der Waals surface area contributed by atoms with Crippen molar-refractivity contribution in [1.82, 2.24) is 9.55 Å². The molecule has 0 unspecified atom stereocenters. The van der Waals surface area contributed by atoms with Crippen molar-refractivity contribution in [1.29, 1.82) is 0 Å². The smallest absolute Gasteiger partial charge is 0.296 e. The maximum atomic E-state index is 5.26. The number of nitrogens with zero attached hydrogens (tertiary/aromatic N) is 2. The van der Waals surface area contributed by atoms with Gasteiger partial charge in [0.2, 0.25) is 0 Å². The van der Waals surface area contributed by atoms with Gasteiger partial charge in [-0.05, 0) is 18.3 Å². The molecule has 3 heteroatoms. The number of methoxy groups -OCH3 is 1. The van der Waals surface area contributed by atoms with Crippen LogP contribution in [-0.2, 0) is 6.54 Å². The van der Waals surface area contributed by atoms with Crippen molar-refractivity contribution in [3.05, 3.63) is 11.9 Å². The summed E-state index contributed by atoms with van der Waals surface area (Å²) in [6.45, 7) is 9.74. The van der Waals surface area contributed by atoms with Crippen LogP contribution < -0.4 is 4.74 Å². The van der Waals surface area contributed by atoms with Crippen molar-refractivity contribution in [2.24, 2.45) is 5.92 Å². The fraction of sp³-hybridized carbons (Fsp3) is 0.750. The Balaban J connectivity index is 2.76. The summed E-state index contributed by atoms with van der Waals surface area (Å²) in [5, 5.41) is 0.